The molecule has 1 aliphatic rings. The average Bonchev–Trinajstić information content (AvgIpc) is 3.36. The SMILES string of the molecule is CCC(=O)N(CCC(c1ccccc1)c1ccc2c(c1)OCO2)Cc1ccc(OC)c(OC)c1. The van der Waals surface area contributed by atoms with E-state index in [4.69, 9.17) is 18.9 Å². The monoisotopic (exact) mass is 461 g/mol. The van der Waals surface area contributed by atoms with Gasteiger partial charge < -0.3 is 23.8 Å². The van der Waals surface area contributed by atoms with Gasteiger partial charge in [0.15, 0.2) is 23.0 Å². The zero-order chi connectivity index (χ0) is 23.9. The van der Waals surface area contributed by atoms with E-state index in [1.54, 1.807) is 14.2 Å². The summed E-state index contributed by atoms with van der Waals surface area (Å²) in [5.41, 5.74) is 3.35. The van der Waals surface area contributed by atoms with Crippen molar-refractivity contribution >= 4 is 5.91 Å². The van der Waals surface area contributed by atoms with Crippen LogP contribution in [0.15, 0.2) is 66.7 Å². The topological polar surface area (TPSA) is 57.2 Å². The molecule has 6 nitrogen and oxygen atoms in total. The molecular formula is C28H31NO5. The third-order valence-electron chi connectivity index (χ3n) is 6.17. The predicted octanol–water partition coefficient (Wildman–Crippen LogP) is 5.39. The van der Waals surface area contributed by atoms with Crippen molar-refractivity contribution < 1.29 is 23.7 Å². The molecule has 0 bridgehead atoms. The number of amides is 1. The molecule has 1 aliphatic heterocycles. The Labute approximate surface area is 201 Å². The van der Waals surface area contributed by atoms with Gasteiger partial charge in [0.2, 0.25) is 12.7 Å². The molecule has 0 aliphatic carbocycles. The van der Waals surface area contributed by atoms with E-state index in [2.05, 4.69) is 24.3 Å². The number of rotatable bonds is 10. The maximum Gasteiger partial charge on any atom is 0.231 e. The predicted molar refractivity (Wildman–Crippen MR) is 131 cm³/mol. The Morgan fingerprint density at radius 1 is 0.912 bits per heavy atom. The van der Waals surface area contributed by atoms with Gasteiger partial charge in [-0.15, -0.1) is 0 Å². The summed E-state index contributed by atoms with van der Waals surface area (Å²) in [5.74, 6) is 3.11. The number of carbonyl (C=O) groups excluding carboxylic acids is 1. The number of carbonyl (C=O) groups is 1. The zero-order valence-electron chi connectivity index (χ0n) is 20.0. The smallest absolute Gasteiger partial charge is 0.231 e. The molecule has 34 heavy (non-hydrogen) atoms. The van der Waals surface area contributed by atoms with Gasteiger partial charge in [-0.05, 0) is 47.4 Å². The summed E-state index contributed by atoms with van der Waals surface area (Å²) in [6.07, 6.45) is 1.23. The van der Waals surface area contributed by atoms with E-state index in [0.29, 0.717) is 31.0 Å². The number of fused-ring (bicyclic) bond motifs is 1. The number of hydrogen-bond acceptors (Lipinski definition) is 5. The summed E-state index contributed by atoms with van der Waals surface area (Å²) in [6, 6.07) is 22.3. The Balaban J connectivity index is 1.57. The van der Waals surface area contributed by atoms with Crippen LogP contribution in [0.1, 0.15) is 42.4 Å². The Morgan fingerprint density at radius 2 is 1.68 bits per heavy atom. The van der Waals surface area contributed by atoms with Gasteiger partial charge in [0, 0.05) is 25.4 Å². The first-order chi connectivity index (χ1) is 16.6. The first kappa shape index (κ1) is 23.5. The molecule has 0 radical (unpaired) electrons. The van der Waals surface area contributed by atoms with Crippen LogP contribution < -0.4 is 18.9 Å². The van der Waals surface area contributed by atoms with Crippen LogP contribution in [-0.4, -0.2) is 38.4 Å². The van der Waals surface area contributed by atoms with Gasteiger partial charge in [0.25, 0.3) is 0 Å². The third-order valence-corrected chi connectivity index (χ3v) is 6.17. The molecule has 0 saturated heterocycles. The first-order valence-electron chi connectivity index (χ1n) is 11.6. The second-order valence-corrected chi connectivity index (χ2v) is 8.22. The fraction of sp³-hybridized carbons (Fsp3) is 0.321. The van der Waals surface area contributed by atoms with Crippen molar-refractivity contribution in [3.63, 3.8) is 0 Å². The molecular weight excluding hydrogens is 430 g/mol. The number of benzene rings is 3. The summed E-state index contributed by atoms with van der Waals surface area (Å²) >= 11 is 0. The summed E-state index contributed by atoms with van der Waals surface area (Å²) in [4.78, 5) is 14.8. The molecule has 1 heterocycles. The van der Waals surface area contributed by atoms with E-state index in [9.17, 15) is 4.79 Å². The third kappa shape index (κ3) is 5.28. The molecule has 0 spiro atoms. The fourth-order valence-corrected chi connectivity index (χ4v) is 4.34. The number of hydrogen-bond donors (Lipinski definition) is 0. The zero-order valence-corrected chi connectivity index (χ0v) is 20.0. The normalized spacial score (nSPS) is 12.8. The van der Waals surface area contributed by atoms with Gasteiger partial charge in [-0.1, -0.05) is 49.4 Å². The van der Waals surface area contributed by atoms with Crippen LogP contribution in [0.5, 0.6) is 23.0 Å². The van der Waals surface area contributed by atoms with Gasteiger partial charge in [-0.3, -0.25) is 4.79 Å². The van der Waals surface area contributed by atoms with Crippen molar-refractivity contribution in [3.05, 3.63) is 83.4 Å². The van der Waals surface area contributed by atoms with Gasteiger partial charge in [-0.2, -0.15) is 0 Å². The average molecular weight is 462 g/mol. The van der Waals surface area contributed by atoms with Gasteiger partial charge in [-0.25, -0.2) is 0 Å². The lowest BCUT2D eigenvalue weighted by Gasteiger charge is -2.26. The summed E-state index contributed by atoms with van der Waals surface area (Å²) in [5, 5.41) is 0. The van der Waals surface area contributed by atoms with E-state index < -0.39 is 0 Å². The van der Waals surface area contributed by atoms with E-state index in [1.807, 2.05) is 54.3 Å². The van der Waals surface area contributed by atoms with Crippen molar-refractivity contribution in [2.75, 3.05) is 27.6 Å². The van der Waals surface area contributed by atoms with Crippen LogP contribution in [0.3, 0.4) is 0 Å². The summed E-state index contributed by atoms with van der Waals surface area (Å²) < 4.78 is 21.9. The highest BCUT2D eigenvalue weighted by Crippen LogP contribution is 2.38. The van der Waals surface area contributed by atoms with Crippen LogP contribution in [0.25, 0.3) is 0 Å². The van der Waals surface area contributed by atoms with Crippen molar-refractivity contribution in [2.45, 2.75) is 32.2 Å². The highest BCUT2D eigenvalue weighted by atomic mass is 16.7. The maximum absolute atomic E-state index is 12.9. The second kappa shape index (κ2) is 11.0. The summed E-state index contributed by atoms with van der Waals surface area (Å²) in [6.45, 7) is 3.28. The lowest BCUT2D eigenvalue weighted by molar-refractivity contribution is -0.131. The number of methoxy groups -OCH3 is 2. The second-order valence-electron chi connectivity index (χ2n) is 8.22. The van der Waals surface area contributed by atoms with E-state index in [-0.39, 0.29) is 18.6 Å². The first-order valence-corrected chi connectivity index (χ1v) is 11.6. The van der Waals surface area contributed by atoms with Gasteiger partial charge >= 0.3 is 0 Å². The largest absolute Gasteiger partial charge is 0.493 e. The van der Waals surface area contributed by atoms with Crippen LogP contribution in [0.2, 0.25) is 0 Å². The molecule has 6 heteroatoms. The Bertz CT molecular complexity index is 1120. The minimum atomic E-state index is 0.118. The standard InChI is InChI=1S/C28H31NO5/c1-4-28(30)29(18-20-10-12-24(31-2)26(16-20)32-3)15-14-23(21-8-6-5-7-9-21)22-11-13-25-27(17-22)34-19-33-25/h5-13,16-17,23H,4,14-15,18-19H2,1-3H3. The van der Waals surface area contributed by atoms with Crippen molar-refractivity contribution in [2.24, 2.45) is 0 Å². The lowest BCUT2D eigenvalue weighted by atomic mass is 9.88. The molecule has 1 unspecified atom stereocenters. The molecule has 3 aromatic carbocycles. The molecule has 0 saturated carbocycles. The van der Waals surface area contributed by atoms with Crippen LogP contribution in [0.4, 0.5) is 0 Å². The van der Waals surface area contributed by atoms with Crippen LogP contribution >= 0.6 is 0 Å². The van der Waals surface area contributed by atoms with Crippen molar-refractivity contribution in [3.8, 4) is 23.0 Å². The molecule has 0 N–H and O–H groups in total. The van der Waals surface area contributed by atoms with Crippen LogP contribution in [-0.2, 0) is 11.3 Å². The number of nitrogens with zero attached hydrogens (tertiary/aromatic N) is 1. The molecule has 3 aromatic rings. The fourth-order valence-electron chi connectivity index (χ4n) is 4.34. The summed E-state index contributed by atoms with van der Waals surface area (Å²) in [7, 11) is 3.23. The molecule has 0 fully saturated rings. The Hall–Kier alpha value is -3.67. The Kier molecular flexibility index (Phi) is 7.58. The quantitative estimate of drug-likeness (QED) is 0.405. The molecule has 4 rings (SSSR count). The lowest BCUT2D eigenvalue weighted by Crippen LogP contribution is -2.31. The maximum atomic E-state index is 12.9. The van der Waals surface area contributed by atoms with Crippen molar-refractivity contribution in [1.82, 2.24) is 4.90 Å². The molecule has 1 atom stereocenters. The van der Waals surface area contributed by atoms with E-state index in [1.165, 1.54) is 5.56 Å². The van der Waals surface area contributed by atoms with Gasteiger partial charge in [0.05, 0.1) is 14.2 Å². The van der Waals surface area contributed by atoms with Gasteiger partial charge in [0.1, 0.15) is 0 Å². The minimum Gasteiger partial charge on any atom is -0.493 e. The molecule has 1 amide bonds. The molecule has 0 aromatic heterocycles. The Morgan fingerprint density at radius 3 is 2.41 bits per heavy atom. The van der Waals surface area contributed by atoms with Crippen molar-refractivity contribution in [1.29, 1.82) is 0 Å². The number of ether oxygens (including phenoxy) is 4. The van der Waals surface area contributed by atoms with Crippen LogP contribution in [0, 0.1) is 0 Å². The van der Waals surface area contributed by atoms with E-state index >= 15 is 0 Å². The van der Waals surface area contributed by atoms with E-state index in [0.717, 1.165) is 29.0 Å². The molecule has 178 valence electrons. The highest BCUT2D eigenvalue weighted by Gasteiger charge is 2.22. The highest BCUT2D eigenvalue weighted by molar-refractivity contribution is 5.75. The minimum absolute atomic E-state index is 0.118.